The van der Waals surface area contributed by atoms with Crippen molar-refractivity contribution in [3.05, 3.63) is 52.8 Å². The van der Waals surface area contributed by atoms with E-state index in [1.54, 1.807) is 6.07 Å². The van der Waals surface area contributed by atoms with Gasteiger partial charge in [-0.1, -0.05) is 11.6 Å². The number of halogens is 2. The topological polar surface area (TPSA) is 50.2 Å². The molecule has 1 N–H and O–H groups in total. The molecule has 0 aliphatic carbocycles. The monoisotopic (exact) mass is 307 g/mol. The molecule has 0 unspecified atom stereocenters. The molecule has 0 aliphatic rings. The average molecular weight is 308 g/mol. The van der Waals surface area contributed by atoms with Gasteiger partial charge in [0, 0.05) is 10.6 Å². The van der Waals surface area contributed by atoms with Crippen LogP contribution in [-0.2, 0) is 0 Å². The number of aromatic nitrogens is 1. The molecule has 6 heteroatoms. The molecule has 100 valence electrons. The van der Waals surface area contributed by atoms with Gasteiger partial charge in [-0.15, -0.1) is 11.3 Å². The van der Waals surface area contributed by atoms with Crippen molar-refractivity contribution in [2.45, 2.75) is 0 Å². The SMILES string of the molecule is O=C(O)c1ccc2nc(-c3cc(Cl)ccc3F)sc2c1. The Morgan fingerprint density at radius 3 is 2.80 bits per heavy atom. The Labute approximate surface area is 122 Å². The van der Waals surface area contributed by atoms with Crippen LogP contribution in [0.25, 0.3) is 20.8 Å². The Balaban J connectivity index is 2.17. The second kappa shape index (κ2) is 4.85. The molecule has 0 bridgehead atoms. The zero-order valence-electron chi connectivity index (χ0n) is 9.93. The van der Waals surface area contributed by atoms with Gasteiger partial charge in [0.15, 0.2) is 0 Å². The maximum absolute atomic E-state index is 13.8. The minimum Gasteiger partial charge on any atom is -0.478 e. The fourth-order valence-electron chi connectivity index (χ4n) is 1.83. The number of aromatic carboxylic acids is 1. The average Bonchev–Trinajstić information content (AvgIpc) is 2.83. The number of rotatable bonds is 2. The number of thiazole rings is 1. The molecule has 1 heterocycles. The minimum absolute atomic E-state index is 0.180. The molecule has 0 atom stereocenters. The van der Waals surface area contributed by atoms with Gasteiger partial charge in [0.05, 0.1) is 15.8 Å². The first kappa shape index (κ1) is 13.0. The van der Waals surface area contributed by atoms with Gasteiger partial charge in [-0.25, -0.2) is 14.2 Å². The Morgan fingerprint density at radius 1 is 1.25 bits per heavy atom. The fraction of sp³-hybridized carbons (Fsp3) is 0. The highest BCUT2D eigenvalue weighted by Crippen LogP contribution is 2.33. The van der Waals surface area contributed by atoms with Crippen LogP contribution in [0.2, 0.25) is 5.02 Å². The van der Waals surface area contributed by atoms with E-state index in [1.165, 1.54) is 41.7 Å². The zero-order chi connectivity index (χ0) is 14.3. The Hall–Kier alpha value is -1.98. The number of carboxylic acid groups (broad SMARTS) is 1. The van der Waals surface area contributed by atoms with Crippen LogP contribution >= 0.6 is 22.9 Å². The summed E-state index contributed by atoms with van der Waals surface area (Å²) in [4.78, 5) is 15.2. The quantitative estimate of drug-likeness (QED) is 0.760. The summed E-state index contributed by atoms with van der Waals surface area (Å²) in [5.74, 6) is -1.41. The number of hydrogen-bond acceptors (Lipinski definition) is 3. The summed E-state index contributed by atoms with van der Waals surface area (Å²) in [5.41, 5.74) is 1.13. The summed E-state index contributed by atoms with van der Waals surface area (Å²) in [6.45, 7) is 0. The molecule has 3 rings (SSSR count). The van der Waals surface area contributed by atoms with Crippen LogP contribution in [-0.4, -0.2) is 16.1 Å². The molecule has 0 spiro atoms. The first-order valence-electron chi connectivity index (χ1n) is 5.64. The Morgan fingerprint density at radius 2 is 2.05 bits per heavy atom. The third-order valence-electron chi connectivity index (χ3n) is 2.79. The van der Waals surface area contributed by atoms with Crippen LogP contribution in [0.3, 0.4) is 0 Å². The maximum Gasteiger partial charge on any atom is 0.335 e. The molecule has 0 radical (unpaired) electrons. The largest absolute Gasteiger partial charge is 0.478 e. The molecule has 0 amide bonds. The normalized spacial score (nSPS) is 10.9. The number of nitrogens with zero attached hydrogens (tertiary/aromatic N) is 1. The smallest absolute Gasteiger partial charge is 0.335 e. The summed E-state index contributed by atoms with van der Waals surface area (Å²) in [7, 11) is 0. The van der Waals surface area contributed by atoms with E-state index in [-0.39, 0.29) is 5.56 Å². The van der Waals surface area contributed by atoms with Crippen molar-refractivity contribution < 1.29 is 14.3 Å². The fourth-order valence-corrected chi connectivity index (χ4v) is 3.03. The number of benzene rings is 2. The maximum atomic E-state index is 13.8. The van der Waals surface area contributed by atoms with Crippen molar-refractivity contribution in [2.75, 3.05) is 0 Å². The predicted octanol–water partition coefficient (Wildman–Crippen LogP) is 4.45. The number of fused-ring (bicyclic) bond motifs is 1. The molecule has 0 fully saturated rings. The van der Waals surface area contributed by atoms with Crippen LogP contribution in [0.4, 0.5) is 4.39 Å². The van der Waals surface area contributed by atoms with Gasteiger partial charge >= 0.3 is 5.97 Å². The van der Waals surface area contributed by atoms with Crippen molar-refractivity contribution >= 4 is 39.1 Å². The summed E-state index contributed by atoms with van der Waals surface area (Å²) in [6, 6.07) is 8.88. The molecule has 3 nitrogen and oxygen atoms in total. The number of hydrogen-bond donors (Lipinski definition) is 1. The van der Waals surface area contributed by atoms with Gasteiger partial charge in [0.25, 0.3) is 0 Å². The van der Waals surface area contributed by atoms with Gasteiger partial charge in [0.2, 0.25) is 0 Å². The van der Waals surface area contributed by atoms with E-state index in [4.69, 9.17) is 16.7 Å². The van der Waals surface area contributed by atoms with Crippen LogP contribution in [0.15, 0.2) is 36.4 Å². The van der Waals surface area contributed by atoms with Gasteiger partial charge in [-0.2, -0.15) is 0 Å². The van der Waals surface area contributed by atoms with E-state index < -0.39 is 11.8 Å². The lowest BCUT2D eigenvalue weighted by molar-refractivity contribution is 0.0697. The lowest BCUT2D eigenvalue weighted by Gasteiger charge is -1.98. The van der Waals surface area contributed by atoms with Gasteiger partial charge in [-0.05, 0) is 36.4 Å². The van der Waals surface area contributed by atoms with Crippen LogP contribution in [0.5, 0.6) is 0 Å². The summed E-state index contributed by atoms with van der Waals surface area (Å²) in [5, 5.41) is 9.85. The van der Waals surface area contributed by atoms with Gasteiger partial charge in [-0.3, -0.25) is 0 Å². The number of carboxylic acids is 1. The standard InChI is InChI=1S/C14H7ClFNO2S/c15-8-2-3-10(16)9(6-8)13-17-11-4-1-7(14(18)19)5-12(11)20-13/h1-6H,(H,18,19). The lowest BCUT2D eigenvalue weighted by atomic mass is 10.2. The molecule has 3 aromatic rings. The van der Waals surface area contributed by atoms with E-state index in [2.05, 4.69) is 4.98 Å². The van der Waals surface area contributed by atoms with E-state index in [0.29, 0.717) is 25.8 Å². The molecule has 0 saturated carbocycles. The highest BCUT2D eigenvalue weighted by Gasteiger charge is 2.13. The van der Waals surface area contributed by atoms with E-state index in [9.17, 15) is 9.18 Å². The molecular formula is C14H7ClFNO2S. The highest BCUT2D eigenvalue weighted by molar-refractivity contribution is 7.21. The van der Waals surface area contributed by atoms with Crippen molar-refractivity contribution in [3.63, 3.8) is 0 Å². The Kier molecular flexibility index (Phi) is 3.16. The first-order valence-corrected chi connectivity index (χ1v) is 6.83. The summed E-state index contributed by atoms with van der Waals surface area (Å²) >= 11 is 7.10. The molecule has 0 saturated heterocycles. The van der Waals surface area contributed by atoms with E-state index in [1.807, 2.05) is 0 Å². The Bertz CT molecular complexity index is 831. The second-order valence-corrected chi connectivity index (χ2v) is 5.60. The van der Waals surface area contributed by atoms with Crippen molar-refractivity contribution in [2.24, 2.45) is 0 Å². The van der Waals surface area contributed by atoms with Crippen LogP contribution < -0.4 is 0 Å². The van der Waals surface area contributed by atoms with E-state index in [0.717, 1.165) is 0 Å². The predicted molar refractivity (Wildman–Crippen MR) is 77.0 cm³/mol. The summed E-state index contributed by atoms with van der Waals surface area (Å²) < 4.78 is 14.5. The number of carbonyl (C=O) groups is 1. The van der Waals surface area contributed by atoms with E-state index >= 15 is 0 Å². The molecular weight excluding hydrogens is 301 g/mol. The van der Waals surface area contributed by atoms with Gasteiger partial charge < -0.3 is 5.11 Å². The molecule has 2 aromatic carbocycles. The third-order valence-corrected chi connectivity index (χ3v) is 4.08. The van der Waals surface area contributed by atoms with Crippen LogP contribution in [0, 0.1) is 5.82 Å². The minimum atomic E-state index is -1.00. The lowest BCUT2D eigenvalue weighted by Crippen LogP contribution is -1.94. The molecule has 0 aliphatic heterocycles. The second-order valence-electron chi connectivity index (χ2n) is 4.13. The van der Waals surface area contributed by atoms with Gasteiger partial charge in [0.1, 0.15) is 10.8 Å². The van der Waals surface area contributed by atoms with Crippen molar-refractivity contribution in [3.8, 4) is 10.6 Å². The highest BCUT2D eigenvalue weighted by atomic mass is 35.5. The summed E-state index contributed by atoms with van der Waals surface area (Å²) in [6.07, 6.45) is 0. The first-order chi connectivity index (χ1) is 9.54. The zero-order valence-corrected chi connectivity index (χ0v) is 11.5. The van der Waals surface area contributed by atoms with Crippen LogP contribution in [0.1, 0.15) is 10.4 Å². The third kappa shape index (κ3) is 2.26. The van der Waals surface area contributed by atoms with Crippen molar-refractivity contribution in [1.29, 1.82) is 0 Å². The van der Waals surface area contributed by atoms with Crippen molar-refractivity contribution in [1.82, 2.24) is 4.98 Å². The molecule has 1 aromatic heterocycles. The molecule has 20 heavy (non-hydrogen) atoms.